The molecule has 124 valence electrons. The van der Waals surface area contributed by atoms with Gasteiger partial charge in [-0.25, -0.2) is 8.42 Å². The van der Waals surface area contributed by atoms with Gasteiger partial charge in [-0.3, -0.25) is 4.68 Å². The molecule has 3 heterocycles. The second kappa shape index (κ2) is 6.29. The Hall–Kier alpha value is -0.920. The monoisotopic (exact) mass is 326 g/mol. The molecule has 1 aromatic rings. The summed E-state index contributed by atoms with van der Waals surface area (Å²) in [5, 5.41) is 4.18. The molecule has 6 nitrogen and oxygen atoms in total. The lowest BCUT2D eigenvalue weighted by Gasteiger charge is -2.33. The standard InChI is InChI=1S/C15H26N4O2S/c1-13-15(12-17(2)16-13)22(20,21)19-9-5-6-14(11-19)10-18-7-3-4-8-18/h12,14H,3-11H2,1-2H3. The van der Waals surface area contributed by atoms with E-state index in [2.05, 4.69) is 10.00 Å². The van der Waals surface area contributed by atoms with Crippen molar-refractivity contribution in [1.82, 2.24) is 19.0 Å². The molecular formula is C15H26N4O2S. The van der Waals surface area contributed by atoms with Crippen LogP contribution in [-0.2, 0) is 17.1 Å². The highest BCUT2D eigenvalue weighted by Gasteiger charge is 2.33. The molecule has 1 atom stereocenters. The molecule has 0 spiro atoms. The molecule has 2 saturated heterocycles. The van der Waals surface area contributed by atoms with Crippen molar-refractivity contribution in [3.05, 3.63) is 11.9 Å². The molecule has 22 heavy (non-hydrogen) atoms. The van der Waals surface area contributed by atoms with Crippen LogP contribution >= 0.6 is 0 Å². The lowest BCUT2D eigenvalue weighted by Crippen LogP contribution is -2.43. The average Bonchev–Trinajstić information content (AvgIpc) is 3.09. The van der Waals surface area contributed by atoms with E-state index in [0.29, 0.717) is 29.6 Å². The molecule has 2 fully saturated rings. The molecule has 1 unspecified atom stereocenters. The second-order valence-electron chi connectivity index (χ2n) is 6.63. The minimum atomic E-state index is -3.41. The van der Waals surface area contributed by atoms with Gasteiger partial charge in [-0.15, -0.1) is 0 Å². The predicted octanol–water partition coefficient (Wildman–Crippen LogP) is 1.23. The Balaban J connectivity index is 1.71. The summed E-state index contributed by atoms with van der Waals surface area (Å²) in [5.41, 5.74) is 0.587. The first-order valence-electron chi connectivity index (χ1n) is 8.19. The van der Waals surface area contributed by atoms with Gasteiger partial charge in [0.25, 0.3) is 0 Å². The smallest absolute Gasteiger partial charge is 0.246 e. The largest absolute Gasteiger partial charge is 0.303 e. The second-order valence-corrected chi connectivity index (χ2v) is 8.54. The summed E-state index contributed by atoms with van der Waals surface area (Å²) in [6, 6.07) is 0. The molecular weight excluding hydrogens is 300 g/mol. The zero-order valence-corrected chi connectivity index (χ0v) is 14.3. The van der Waals surface area contributed by atoms with Gasteiger partial charge in [0.15, 0.2) is 0 Å². The van der Waals surface area contributed by atoms with Crippen molar-refractivity contribution in [2.75, 3.05) is 32.7 Å². The van der Waals surface area contributed by atoms with Crippen LogP contribution in [0.2, 0.25) is 0 Å². The quantitative estimate of drug-likeness (QED) is 0.835. The van der Waals surface area contributed by atoms with Gasteiger partial charge in [0.1, 0.15) is 4.90 Å². The van der Waals surface area contributed by atoms with Crippen molar-refractivity contribution >= 4 is 10.0 Å². The highest BCUT2D eigenvalue weighted by atomic mass is 32.2. The van der Waals surface area contributed by atoms with Crippen molar-refractivity contribution in [3.63, 3.8) is 0 Å². The van der Waals surface area contributed by atoms with Crippen LogP contribution in [0.1, 0.15) is 31.4 Å². The number of hydrogen-bond donors (Lipinski definition) is 0. The third-order valence-corrected chi connectivity index (χ3v) is 6.75. The minimum absolute atomic E-state index is 0.358. The van der Waals surface area contributed by atoms with Crippen LogP contribution in [0.4, 0.5) is 0 Å². The third kappa shape index (κ3) is 3.21. The van der Waals surface area contributed by atoms with Gasteiger partial charge >= 0.3 is 0 Å². The van der Waals surface area contributed by atoms with E-state index in [4.69, 9.17) is 0 Å². The number of sulfonamides is 1. The number of likely N-dealkylation sites (tertiary alicyclic amines) is 1. The van der Waals surface area contributed by atoms with Gasteiger partial charge < -0.3 is 4.90 Å². The summed E-state index contributed by atoms with van der Waals surface area (Å²) in [6.45, 7) is 6.42. The maximum absolute atomic E-state index is 12.9. The van der Waals surface area contributed by atoms with Gasteiger partial charge in [-0.1, -0.05) is 0 Å². The van der Waals surface area contributed by atoms with Crippen molar-refractivity contribution in [3.8, 4) is 0 Å². The molecule has 3 rings (SSSR count). The molecule has 0 bridgehead atoms. The Morgan fingerprint density at radius 1 is 1.23 bits per heavy atom. The van der Waals surface area contributed by atoms with E-state index in [1.807, 2.05) is 0 Å². The summed E-state index contributed by atoms with van der Waals surface area (Å²) in [7, 11) is -1.64. The van der Waals surface area contributed by atoms with Crippen LogP contribution in [-0.4, -0.2) is 60.1 Å². The Morgan fingerprint density at radius 2 is 1.95 bits per heavy atom. The Morgan fingerprint density at radius 3 is 2.59 bits per heavy atom. The molecule has 0 aromatic carbocycles. The fourth-order valence-corrected chi connectivity index (χ4v) is 5.45. The molecule has 0 saturated carbocycles. The molecule has 7 heteroatoms. The maximum Gasteiger partial charge on any atom is 0.246 e. The van der Waals surface area contributed by atoms with Crippen molar-refractivity contribution < 1.29 is 8.42 Å². The first kappa shape index (κ1) is 16.0. The minimum Gasteiger partial charge on any atom is -0.303 e. The van der Waals surface area contributed by atoms with E-state index in [9.17, 15) is 8.42 Å². The summed E-state index contributed by atoms with van der Waals surface area (Å²) in [6.07, 6.45) is 6.27. The zero-order valence-electron chi connectivity index (χ0n) is 13.5. The normalized spacial score (nSPS) is 24.9. The van der Waals surface area contributed by atoms with Crippen LogP contribution < -0.4 is 0 Å². The SMILES string of the molecule is Cc1nn(C)cc1S(=O)(=O)N1CCCC(CN2CCCC2)C1. The first-order valence-corrected chi connectivity index (χ1v) is 9.63. The zero-order chi connectivity index (χ0) is 15.7. The van der Waals surface area contributed by atoms with E-state index in [1.54, 1.807) is 29.2 Å². The van der Waals surface area contributed by atoms with Crippen molar-refractivity contribution in [1.29, 1.82) is 0 Å². The number of nitrogens with zero attached hydrogens (tertiary/aromatic N) is 4. The molecule has 1 aromatic heterocycles. The lowest BCUT2D eigenvalue weighted by atomic mass is 9.99. The lowest BCUT2D eigenvalue weighted by molar-refractivity contribution is 0.200. The topological polar surface area (TPSA) is 58.4 Å². The molecule has 2 aliphatic heterocycles. The van der Waals surface area contributed by atoms with Crippen molar-refractivity contribution in [2.45, 2.75) is 37.5 Å². The number of aromatic nitrogens is 2. The summed E-state index contributed by atoms with van der Waals surface area (Å²) in [4.78, 5) is 2.84. The van der Waals surface area contributed by atoms with Crippen LogP contribution in [0, 0.1) is 12.8 Å². The van der Waals surface area contributed by atoms with Gasteiger partial charge in [0.05, 0.1) is 5.69 Å². The third-order valence-electron chi connectivity index (χ3n) is 4.78. The van der Waals surface area contributed by atoms with Gasteiger partial charge in [0.2, 0.25) is 10.0 Å². The summed E-state index contributed by atoms with van der Waals surface area (Å²) in [5.74, 6) is 0.457. The summed E-state index contributed by atoms with van der Waals surface area (Å²) >= 11 is 0. The van der Waals surface area contributed by atoms with Gasteiger partial charge in [-0.2, -0.15) is 9.40 Å². The molecule has 0 radical (unpaired) electrons. The van der Waals surface area contributed by atoms with Gasteiger partial charge in [0, 0.05) is 32.9 Å². The average molecular weight is 326 g/mol. The number of aryl methyl sites for hydroxylation is 2. The van der Waals surface area contributed by atoms with Crippen molar-refractivity contribution in [2.24, 2.45) is 13.0 Å². The van der Waals surface area contributed by atoms with Gasteiger partial charge in [-0.05, 0) is 51.6 Å². The molecule has 2 aliphatic rings. The van der Waals surface area contributed by atoms with Crippen LogP contribution in [0.25, 0.3) is 0 Å². The van der Waals surface area contributed by atoms with E-state index >= 15 is 0 Å². The van der Waals surface area contributed by atoms with E-state index in [1.165, 1.54) is 25.9 Å². The van der Waals surface area contributed by atoms with E-state index in [0.717, 1.165) is 19.4 Å². The van der Waals surface area contributed by atoms with E-state index < -0.39 is 10.0 Å². The fourth-order valence-electron chi connectivity index (χ4n) is 3.69. The molecule has 0 amide bonds. The van der Waals surface area contributed by atoms with Crippen LogP contribution in [0.3, 0.4) is 0 Å². The molecule has 0 aliphatic carbocycles. The fraction of sp³-hybridized carbons (Fsp3) is 0.800. The summed E-state index contributed by atoms with van der Waals surface area (Å²) < 4.78 is 29.0. The Kier molecular flexibility index (Phi) is 4.56. The highest BCUT2D eigenvalue weighted by molar-refractivity contribution is 7.89. The van der Waals surface area contributed by atoms with Crippen LogP contribution in [0.15, 0.2) is 11.1 Å². The maximum atomic E-state index is 12.9. The molecule has 0 N–H and O–H groups in total. The first-order chi connectivity index (χ1) is 10.5. The Labute approximate surface area is 133 Å². The number of hydrogen-bond acceptors (Lipinski definition) is 4. The Bertz CT molecular complexity index is 619. The number of rotatable bonds is 4. The van der Waals surface area contributed by atoms with Crippen LogP contribution in [0.5, 0.6) is 0 Å². The predicted molar refractivity (Wildman–Crippen MR) is 85.1 cm³/mol. The van der Waals surface area contributed by atoms with E-state index in [-0.39, 0.29) is 0 Å². The highest BCUT2D eigenvalue weighted by Crippen LogP contribution is 2.26. The number of piperidine rings is 1.